The Kier molecular flexibility index (Phi) is 5.48. The van der Waals surface area contributed by atoms with Gasteiger partial charge in [0.2, 0.25) is 0 Å². The van der Waals surface area contributed by atoms with Crippen LogP contribution < -0.4 is 10.2 Å². The van der Waals surface area contributed by atoms with E-state index in [1.54, 1.807) is 6.33 Å². The first-order valence-corrected chi connectivity index (χ1v) is 9.93. The molecule has 25 heavy (non-hydrogen) atoms. The van der Waals surface area contributed by atoms with Gasteiger partial charge in [-0.25, -0.2) is 9.97 Å². The minimum Gasteiger partial charge on any atom is -0.379 e. The molecule has 4 rings (SSSR count). The Morgan fingerprint density at radius 2 is 1.84 bits per heavy atom. The number of anilines is 1. The lowest BCUT2D eigenvalue weighted by molar-refractivity contribution is 0.00447. The maximum Gasteiger partial charge on any atom is 0.135 e. The summed E-state index contributed by atoms with van der Waals surface area (Å²) in [5, 5.41) is 3.48. The molecule has 4 heterocycles. The molecule has 1 aromatic rings. The van der Waals surface area contributed by atoms with Crippen LogP contribution in [0, 0.1) is 5.92 Å². The summed E-state index contributed by atoms with van der Waals surface area (Å²) in [5.74, 6) is 1.99. The van der Waals surface area contributed by atoms with E-state index >= 15 is 0 Å². The zero-order valence-electron chi connectivity index (χ0n) is 15.4. The van der Waals surface area contributed by atoms with Crippen LogP contribution in [0.5, 0.6) is 0 Å². The molecule has 0 radical (unpaired) electrons. The van der Waals surface area contributed by atoms with Crippen LogP contribution in [-0.2, 0) is 17.6 Å². The van der Waals surface area contributed by atoms with Crippen LogP contribution in [0.2, 0.25) is 0 Å². The van der Waals surface area contributed by atoms with Crippen molar-refractivity contribution >= 4 is 5.82 Å². The molecule has 0 aromatic carbocycles. The van der Waals surface area contributed by atoms with E-state index < -0.39 is 0 Å². The van der Waals surface area contributed by atoms with Crippen LogP contribution in [-0.4, -0.2) is 73.4 Å². The topological polar surface area (TPSA) is 53.5 Å². The predicted octanol–water partition coefficient (Wildman–Crippen LogP) is 1.10. The molecule has 138 valence electrons. The van der Waals surface area contributed by atoms with Gasteiger partial charge in [0.25, 0.3) is 0 Å². The summed E-state index contributed by atoms with van der Waals surface area (Å²) in [5.41, 5.74) is 2.63. The molecule has 6 heteroatoms. The molecule has 2 saturated heterocycles. The summed E-state index contributed by atoms with van der Waals surface area (Å²) in [6.45, 7) is 10.7. The van der Waals surface area contributed by atoms with Crippen molar-refractivity contribution in [3.63, 3.8) is 0 Å². The Hall–Kier alpha value is -1.24. The molecule has 2 fully saturated rings. The minimum atomic E-state index is 0.665. The first-order valence-electron chi connectivity index (χ1n) is 9.93. The number of nitrogens with one attached hydrogen (secondary N) is 1. The third-order valence-electron chi connectivity index (χ3n) is 6.25. The van der Waals surface area contributed by atoms with Gasteiger partial charge in [-0.1, -0.05) is 0 Å². The standard InChI is InChI=1S/C19H31N5O/c1-15(23-10-12-25-13-11-23)16-4-8-24(9-5-16)19-17-2-6-20-7-3-18(17)21-14-22-19/h14-16,20H,2-13H2,1H3/t15-/m0/s1. The number of aromatic nitrogens is 2. The first kappa shape index (κ1) is 17.2. The van der Waals surface area contributed by atoms with Gasteiger partial charge in [-0.3, -0.25) is 4.90 Å². The largest absolute Gasteiger partial charge is 0.379 e. The number of nitrogens with zero attached hydrogens (tertiary/aromatic N) is 4. The lowest BCUT2D eigenvalue weighted by Crippen LogP contribution is -2.48. The van der Waals surface area contributed by atoms with Gasteiger partial charge in [0.15, 0.2) is 0 Å². The number of morpholine rings is 1. The molecule has 3 aliphatic heterocycles. The lowest BCUT2D eigenvalue weighted by Gasteiger charge is -2.41. The molecule has 0 aliphatic carbocycles. The number of ether oxygens (including phenoxy) is 1. The summed E-state index contributed by atoms with van der Waals surface area (Å²) in [4.78, 5) is 14.3. The van der Waals surface area contributed by atoms with Crippen molar-refractivity contribution in [1.82, 2.24) is 20.2 Å². The van der Waals surface area contributed by atoms with E-state index in [2.05, 4.69) is 32.0 Å². The van der Waals surface area contributed by atoms with E-state index in [-0.39, 0.29) is 0 Å². The van der Waals surface area contributed by atoms with E-state index in [9.17, 15) is 0 Å². The maximum atomic E-state index is 5.51. The van der Waals surface area contributed by atoms with E-state index in [0.717, 1.165) is 71.2 Å². The molecule has 1 N–H and O–H groups in total. The SMILES string of the molecule is C[C@@H](C1CCN(c2ncnc3c2CCNCC3)CC1)N1CCOCC1. The van der Waals surface area contributed by atoms with Gasteiger partial charge in [0.1, 0.15) is 12.1 Å². The van der Waals surface area contributed by atoms with Crippen LogP contribution >= 0.6 is 0 Å². The highest BCUT2D eigenvalue weighted by molar-refractivity contribution is 5.49. The summed E-state index contributed by atoms with van der Waals surface area (Å²) in [7, 11) is 0. The van der Waals surface area contributed by atoms with E-state index in [4.69, 9.17) is 4.74 Å². The van der Waals surface area contributed by atoms with Gasteiger partial charge in [-0.2, -0.15) is 0 Å². The highest BCUT2D eigenvalue weighted by atomic mass is 16.5. The van der Waals surface area contributed by atoms with Crippen LogP contribution in [0.1, 0.15) is 31.0 Å². The second kappa shape index (κ2) is 7.98. The van der Waals surface area contributed by atoms with Crippen molar-refractivity contribution in [2.45, 2.75) is 38.6 Å². The second-order valence-corrected chi connectivity index (χ2v) is 7.59. The van der Waals surface area contributed by atoms with Crippen LogP contribution in [0.25, 0.3) is 0 Å². The Morgan fingerprint density at radius 3 is 2.64 bits per heavy atom. The fourth-order valence-corrected chi connectivity index (χ4v) is 4.60. The molecule has 6 nitrogen and oxygen atoms in total. The minimum absolute atomic E-state index is 0.665. The summed E-state index contributed by atoms with van der Waals surface area (Å²) in [6.07, 6.45) is 6.36. The quantitative estimate of drug-likeness (QED) is 0.885. The molecule has 0 spiro atoms. The van der Waals surface area contributed by atoms with Crippen molar-refractivity contribution in [3.8, 4) is 0 Å². The molecule has 0 amide bonds. The molecule has 0 saturated carbocycles. The van der Waals surface area contributed by atoms with E-state index in [0.29, 0.717) is 6.04 Å². The third kappa shape index (κ3) is 3.81. The van der Waals surface area contributed by atoms with Crippen molar-refractivity contribution < 1.29 is 4.74 Å². The van der Waals surface area contributed by atoms with Crippen molar-refractivity contribution in [1.29, 1.82) is 0 Å². The molecule has 3 aliphatic rings. The predicted molar refractivity (Wildman–Crippen MR) is 99.1 cm³/mol. The maximum absolute atomic E-state index is 5.51. The lowest BCUT2D eigenvalue weighted by atomic mass is 9.89. The summed E-state index contributed by atoms with van der Waals surface area (Å²) < 4.78 is 5.51. The molecule has 0 unspecified atom stereocenters. The molecule has 1 aromatic heterocycles. The number of rotatable bonds is 3. The first-order chi connectivity index (χ1) is 12.3. The van der Waals surface area contributed by atoms with E-state index in [1.807, 2.05) is 0 Å². The smallest absolute Gasteiger partial charge is 0.135 e. The number of piperidine rings is 1. The molecular weight excluding hydrogens is 314 g/mol. The Labute approximate surface area is 151 Å². The van der Waals surface area contributed by atoms with Crippen LogP contribution in [0.4, 0.5) is 5.82 Å². The van der Waals surface area contributed by atoms with Gasteiger partial charge in [0.05, 0.1) is 18.9 Å². The zero-order chi connectivity index (χ0) is 17.1. The molecule has 0 bridgehead atoms. The van der Waals surface area contributed by atoms with Gasteiger partial charge >= 0.3 is 0 Å². The van der Waals surface area contributed by atoms with Gasteiger partial charge in [-0.05, 0) is 38.6 Å². The number of fused-ring (bicyclic) bond motifs is 1. The number of hydrogen-bond donors (Lipinski definition) is 1. The van der Waals surface area contributed by atoms with Crippen LogP contribution in [0.15, 0.2) is 6.33 Å². The van der Waals surface area contributed by atoms with Gasteiger partial charge < -0.3 is 15.0 Å². The van der Waals surface area contributed by atoms with Gasteiger partial charge in [0, 0.05) is 50.7 Å². The summed E-state index contributed by atoms with van der Waals surface area (Å²) in [6, 6.07) is 0.665. The summed E-state index contributed by atoms with van der Waals surface area (Å²) >= 11 is 0. The normalized spacial score (nSPS) is 24.6. The van der Waals surface area contributed by atoms with Gasteiger partial charge in [-0.15, -0.1) is 0 Å². The van der Waals surface area contributed by atoms with Crippen molar-refractivity contribution in [2.24, 2.45) is 5.92 Å². The Bertz CT molecular complexity index is 567. The second-order valence-electron chi connectivity index (χ2n) is 7.59. The Balaban J connectivity index is 1.40. The fraction of sp³-hybridized carbons (Fsp3) is 0.789. The van der Waals surface area contributed by atoms with Crippen molar-refractivity contribution in [3.05, 3.63) is 17.6 Å². The van der Waals surface area contributed by atoms with E-state index in [1.165, 1.54) is 29.9 Å². The number of hydrogen-bond acceptors (Lipinski definition) is 6. The molecular formula is C19H31N5O. The third-order valence-corrected chi connectivity index (χ3v) is 6.25. The zero-order valence-corrected chi connectivity index (χ0v) is 15.4. The highest BCUT2D eigenvalue weighted by Gasteiger charge is 2.30. The average Bonchev–Trinajstić information content (AvgIpc) is 2.94. The fourth-order valence-electron chi connectivity index (χ4n) is 4.60. The Morgan fingerprint density at radius 1 is 1.08 bits per heavy atom. The van der Waals surface area contributed by atoms with Crippen LogP contribution in [0.3, 0.4) is 0 Å². The molecule has 1 atom stereocenters. The average molecular weight is 345 g/mol. The monoisotopic (exact) mass is 345 g/mol. The highest BCUT2D eigenvalue weighted by Crippen LogP contribution is 2.29. The van der Waals surface area contributed by atoms with Crippen molar-refractivity contribution in [2.75, 3.05) is 57.4 Å².